The third kappa shape index (κ3) is 3.90. The first-order valence-electron chi connectivity index (χ1n) is 6.36. The first kappa shape index (κ1) is 15.9. The van der Waals surface area contributed by atoms with Gasteiger partial charge in [0.15, 0.2) is 14.6 Å². The van der Waals surface area contributed by atoms with Gasteiger partial charge >= 0.3 is 0 Å². The minimum atomic E-state index is -1.76. The molecule has 0 aromatic heterocycles. The van der Waals surface area contributed by atoms with Crippen LogP contribution in [-0.2, 0) is 13.9 Å². The van der Waals surface area contributed by atoms with Gasteiger partial charge in [0.05, 0.1) is 6.61 Å². The van der Waals surface area contributed by atoms with Crippen LogP contribution >= 0.6 is 0 Å². The molecule has 18 heavy (non-hydrogen) atoms. The van der Waals surface area contributed by atoms with Gasteiger partial charge in [-0.1, -0.05) is 32.9 Å². The highest BCUT2D eigenvalue weighted by Crippen LogP contribution is 2.36. The Balaban J connectivity index is 2.53. The Bertz CT molecular complexity index is 296. The molecule has 5 heteroatoms. The third-order valence-electron chi connectivity index (χ3n) is 3.76. The Kier molecular flexibility index (Phi) is 5.14. The lowest BCUT2D eigenvalue weighted by Gasteiger charge is -2.38. The van der Waals surface area contributed by atoms with E-state index in [0.29, 0.717) is 6.61 Å². The van der Waals surface area contributed by atoms with Crippen molar-refractivity contribution in [1.82, 2.24) is 0 Å². The van der Waals surface area contributed by atoms with Gasteiger partial charge < -0.3 is 19.0 Å². The van der Waals surface area contributed by atoms with Gasteiger partial charge in [-0.05, 0) is 18.1 Å². The largest absolute Gasteiger partial charge is 0.414 e. The fourth-order valence-electron chi connectivity index (χ4n) is 1.42. The van der Waals surface area contributed by atoms with E-state index < -0.39 is 20.7 Å². The fourth-order valence-corrected chi connectivity index (χ4v) is 2.44. The molecule has 0 saturated carbocycles. The quantitative estimate of drug-likeness (QED) is 0.631. The van der Waals surface area contributed by atoms with Crippen molar-refractivity contribution >= 4 is 8.32 Å². The molecule has 1 heterocycles. The monoisotopic (exact) mass is 274 g/mol. The molecule has 0 fully saturated rings. The van der Waals surface area contributed by atoms with Crippen LogP contribution in [0.2, 0.25) is 18.1 Å². The van der Waals surface area contributed by atoms with E-state index in [2.05, 4.69) is 33.9 Å². The summed E-state index contributed by atoms with van der Waals surface area (Å²) in [5.41, 5.74) is 0. The molecule has 0 amide bonds. The van der Waals surface area contributed by atoms with Gasteiger partial charge in [0.25, 0.3) is 0 Å². The van der Waals surface area contributed by atoms with Crippen LogP contribution in [0.15, 0.2) is 12.2 Å². The van der Waals surface area contributed by atoms with E-state index in [1.165, 1.54) is 7.11 Å². The van der Waals surface area contributed by atoms with E-state index in [1.54, 1.807) is 6.08 Å². The molecule has 0 spiro atoms. The number of methoxy groups -OCH3 is 1. The lowest BCUT2D eigenvalue weighted by Crippen LogP contribution is -2.45. The van der Waals surface area contributed by atoms with Crippen molar-refractivity contribution in [2.75, 3.05) is 13.7 Å². The molecule has 1 aliphatic heterocycles. The maximum Gasteiger partial charge on any atom is 0.192 e. The normalized spacial score (nSPS) is 29.6. The van der Waals surface area contributed by atoms with Crippen molar-refractivity contribution in [2.24, 2.45) is 0 Å². The molecule has 0 aromatic carbocycles. The van der Waals surface area contributed by atoms with Crippen LogP contribution < -0.4 is 0 Å². The number of aliphatic hydroxyl groups excluding tert-OH is 1. The van der Waals surface area contributed by atoms with E-state index >= 15 is 0 Å². The molecule has 0 radical (unpaired) electrons. The Labute approximate surface area is 111 Å². The van der Waals surface area contributed by atoms with Crippen molar-refractivity contribution in [3.63, 3.8) is 0 Å². The van der Waals surface area contributed by atoms with E-state index in [0.717, 1.165) is 0 Å². The molecule has 4 nitrogen and oxygen atoms in total. The first-order valence-corrected chi connectivity index (χ1v) is 9.27. The zero-order valence-electron chi connectivity index (χ0n) is 12.3. The molecule has 1 aliphatic rings. The molecule has 1 rings (SSSR count). The third-order valence-corrected chi connectivity index (χ3v) is 8.26. The van der Waals surface area contributed by atoms with E-state index in [-0.39, 0.29) is 11.1 Å². The highest BCUT2D eigenvalue weighted by atomic mass is 28.4. The van der Waals surface area contributed by atoms with Gasteiger partial charge in [-0.3, -0.25) is 0 Å². The molecule has 3 atom stereocenters. The molecular weight excluding hydrogens is 248 g/mol. The van der Waals surface area contributed by atoms with Crippen LogP contribution in [0, 0.1) is 0 Å². The summed E-state index contributed by atoms with van der Waals surface area (Å²) in [6.07, 6.45) is 2.11. The summed E-state index contributed by atoms with van der Waals surface area (Å²) in [5.74, 6) is 0. The highest BCUT2D eigenvalue weighted by molar-refractivity contribution is 6.74. The topological polar surface area (TPSA) is 47.9 Å². The average Bonchev–Trinajstić information content (AvgIpc) is 2.26. The second-order valence-electron chi connectivity index (χ2n) is 6.23. The summed E-state index contributed by atoms with van der Waals surface area (Å²) in [7, 11) is -0.229. The number of hydrogen-bond acceptors (Lipinski definition) is 4. The van der Waals surface area contributed by atoms with Crippen LogP contribution in [0.1, 0.15) is 20.8 Å². The summed E-state index contributed by atoms with van der Waals surface area (Å²) in [4.78, 5) is 0. The minimum absolute atomic E-state index is 0.146. The van der Waals surface area contributed by atoms with Gasteiger partial charge in [-0.25, -0.2) is 0 Å². The Morgan fingerprint density at radius 1 is 1.28 bits per heavy atom. The molecular formula is C13H26O4Si. The maximum atomic E-state index is 9.58. The summed E-state index contributed by atoms with van der Waals surface area (Å²) in [5, 5.41) is 9.76. The fraction of sp³-hybridized carbons (Fsp3) is 0.846. The standard InChI is InChI=1S/C13H26O4Si/c1-13(2,3)18(5,6)16-9-10-7-8-11(14)12(15-4)17-10/h7-8,10-12,14H,9H2,1-6H3/t10-,11-,12-/m1/s1. The van der Waals surface area contributed by atoms with Gasteiger partial charge in [0.1, 0.15) is 12.2 Å². The van der Waals surface area contributed by atoms with Crippen LogP contribution in [0.3, 0.4) is 0 Å². The summed E-state index contributed by atoms with van der Waals surface area (Å²) in [6, 6.07) is 0. The predicted octanol–water partition coefficient (Wildman–Crippen LogP) is 2.30. The van der Waals surface area contributed by atoms with Crippen LogP contribution in [0.5, 0.6) is 0 Å². The molecule has 0 aromatic rings. The lowest BCUT2D eigenvalue weighted by atomic mass is 10.2. The molecule has 1 N–H and O–H groups in total. The number of aliphatic hydroxyl groups is 1. The van der Waals surface area contributed by atoms with Crippen molar-refractivity contribution in [3.8, 4) is 0 Å². The Morgan fingerprint density at radius 2 is 1.89 bits per heavy atom. The summed E-state index contributed by atoms with van der Waals surface area (Å²) >= 11 is 0. The first-order chi connectivity index (χ1) is 8.17. The summed E-state index contributed by atoms with van der Waals surface area (Å²) < 4.78 is 16.7. The van der Waals surface area contributed by atoms with Crippen LogP contribution in [0.4, 0.5) is 0 Å². The summed E-state index contributed by atoms with van der Waals surface area (Å²) in [6.45, 7) is 11.6. The second kappa shape index (κ2) is 5.84. The smallest absolute Gasteiger partial charge is 0.192 e. The molecule has 0 saturated heterocycles. The van der Waals surface area contributed by atoms with Gasteiger partial charge in [-0.15, -0.1) is 0 Å². The van der Waals surface area contributed by atoms with Crippen molar-refractivity contribution in [1.29, 1.82) is 0 Å². The minimum Gasteiger partial charge on any atom is -0.414 e. The van der Waals surface area contributed by atoms with E-state index in [4.69, 9.17) is 13.9 Å². The zero-order chi connectivity index (χ0) is 14.0. The highest BCUT2D eigenvalue weighted by Gasteiger charge is 2.38. The van der Waals surface area contributed by atoms with Gasteiger partial charge in [-0.2, -0.15) is 0 Å². The predicted molar refractivity (Wildman–Crippen MR) is 74.0 cm³/mol. The number of rotatable bonds is 4. The van der Waals surface area contributed by atoms with Gasteiger partial charge in [0.2, 0.25) is 0 Å². The Hall–Kier alpha value is -0.203. The van der Waals surface area contributed by atoms with Crippen molar-refractivity contribution in [2.45, 2.75) is 57.4 Å². The molecule has 0 bridgehead atoms. The molecule has 106 valence electrons. The van der Waals surface area contributed by atoms with Crippen molar-refractivity contribution < 1.29 is 19.0 Å². The van der Waals surface area contributed by atoms with Crippen LogP contribution in [-0.4, -0.2) is 45.6 Å². The second-order valence-corrected chi connectivity index (χ2v) is 11.0. The maximum absolute atomic E-state index is 9.58. The van der Waals surface area contributed by atoms with E-state index in [9.17, 15) is 5.11 Å². The lowest BCUT2D eigenvalue weighted by molar-refractivity contribution is -0.195. The van der Waals surface area contributed by atoms with Gasteiger partial charge in [0, 0.05) is 7.11 Å². The van der Waals surface area contributed by atoms with Crippen LogP contribution in [0.25, 0.3) is 0 Å². The molecule has 0 unspecified atom stereocenters. The molecule has 0 aliphatic carbocycles. The average molecular weight is 274 g/mol. The SMILES string of the molecule is CO[C@@H]1O[C@@H](CO[Si](C)(C)C(C)(C)C)C=C[C@H]1O. The number of ether oxygens (including phenoxy) is 2. The Morgan fingerprint density at radius 3 is 2.39 bits per heavy atom. The van der Waals surface area contributed by atoms with Crippen molar-refractivity contribution in [3.05, 3.63) is 12.2 Å². The van der Waals surface area contributed by atoms with E-state index in [1.807, 2.05) is 6.08 Å². The number of hydrogen-bond donors (Lipinski definition) is 1. The zero-order valence-corrected chi connectivity index (χ0v) is 13.3.